The molecule has 3 rings (SSSR count). The van der Waals surface area contributed by atoms with Crippen LogP contribution in [-0.4, -0.2) is 27.0 Å². The fourth-order valence-corrected chi connectivity index (χ4v) is 2.60. The fraction of sp³-hybridized carbons (Fsp3) is 0.400. The normalized spacial score (nSPS) is 28.3. The van der Waals surface area contributed by atoms with E-state index in [1.807, 2.05) is 0 Å². The molecule has 1 aliphatic heterocycles. The Morgan fingerprint density at radius 2 is 2.12 bits per heavy atom. The minimum Gasteiger partial charge on any atom is -0.274 e. The number of aromatic amines is 1. The first-order valence-corrected chi connectivity index (χ1v) is 5.64. The topological polar surface area (TPSA) is 79.0 Å². The molecule has 2 amide bonds. The molecule has 0 unspecified atom stereocenters. The number of hydrogen-bond donors (Lipinski definition) is 1. The van der Waals surface area contributed by atoms with Crippen LogP contribution in [0.4, 0.5) is 5.95 Å². The van der Waals surface area contributed by atoms with Crippen LogP contribution in [0.1, 0.15) is 12.8 Å². The first-order chi connectivity index (χ1) is 8.18. The summed E-state index contributed by atoms with van der Waals surface area (Å²) < 4.78 is 0. The van der Waals surface area contributed by atoms with Crippen LogP contribution in [0.15, 0.2) is 17.4 Å². The summed E-state index contributed by atoms with van der Waals surface area (Å²) in [6.07, 6.45) is 4.01. The molecule has 6 nitrogen and oxygen atoms in total. The van der Waals surface area contributed by atoms with Gasteiger partial charge in [-0.2, -0.15) is 10.1 Å². The van der Waals surface area contributed by atoms with E-state index in [9.17, 15) is 9.59 Å². The Morgan fingerprint density at radius 1 is 1.35 bits per heavy atom. The lowest BCUT2D eigenvalue weighted by Crippen LogP contribution is -2.31. The standard InChI is InChI=1S/C10H9ClN4O2/c11-5-1-2-6-7(3-5)9(17)15(8(6)16)10-12-4-13-14-10/h1,4,6-7H,2-3H2,(H,12,13,14)/t6-,7+/m0/s1. The lowest BCUT2D eigenvalue weighted by atomic mass is 9.85. The fourth-order valence-electron chi connectivity index (χ4n) is 2.34. The minimum absolute atomic E-state index is 0.186. The maximum absolute atomic E-state index is 12.1. The van der Waals surface area contributed by atoms with Gasteiger partial charge in [-0.3, -0.25) is 9.59 Å². The number of allylic oxidation sites excluding steroid dienone is 2. The Hall–Kier alpha value is -1.69. The van der Waals surface area contributed by atoms with Crippen LogP contribution in [0.5, 0.6) is 0 Å². The van der Waals surface area contributed by atoms with Crippen molar-refractivity contribution in [3.05, 3.63) is 17.4 Å². The third-order valence-corrected chi connectivity index (χ3v) is 3.49. The number of amides is 2. The minimum atomic E-state index is -0.356. The molecule has 1 aliphatic carbocycles. The lowest BCUT2D eigenvalue weighted by Gasteiger charge is -2.17. The first kappa shape index (κ1) is 10.5. The smallest absolute Gasteiger partial charge is 0.240 e. The molecule has 0 saturated carbocycles. The van der Waals surface area contributed by atoms with E-state index >= 15 is 0 Å². The van der Waals surface area contributed by atoms with E-state index in [1.165, 1.54) is 6.33 Å². The number of hydrogen-bond acceptors (Lipinski definition) is 4. The van der Waals surface area contributed by atoms with E-state index in [0.29, 0.717) is 17.9 Å². The van der Waals surface area contributed by atoms with Crippen LogP contribution in [0.2, 0.25) is 0 Å². The summed E-state index contributed by atoms with van der Waals surface area (Å²) in [7, 11) is 0. The zero-order valence-electron chi connectivity index (χ0n) is 8.76. The average Bonchev–Trinajstić information content (AvgIpc) is 2.88. The second kappa shape index (κ2) is 3.66. The molecule has 1 saturated heterocycles. The Kier molecular flexibility index (Phi) is 2.25. The number of carbonyl (C=O) groups excluding carboxylic acids is 2. The predicted molar refractivity (Wildman–Crippen MR) is 59.0 cm³/mol. The van der Waals surface area contributed by atoms with Gasteiger partial charge in [0.25, 0.3) is 0 Å². The van der Waals surface area contributed by atoms with Gasteiger partial charge in [-0.1, -0.05) is 17.7 Å². The Bertz CT molecular complexity index is 510. The van der Waals surface area contributed by atoms with Gasteiger partial charge >= 0.3 is 0 Å². The monoisotopic (exact) mass is 252 g/mol. The summed E-state index contributed by atoms with van der Waals surface area (Å²) in [5.74, 6) is -0.953. The van der Waals surface area contributed by atoms with Gasteiger partial charge < -0.3 is 0 Å². The predicted octanol–water partition coefficient (Wildman–Crippen LogP) is 0.827. The zero-order chi connectivity index (χ0) is 12.0. The highest BCUT2D eigenvalue weighted by Gasteiger charge is 2.49. The van der Waals surface area contributed by atoms with Crippen molar-refractivity contribution in [2.24, 2.45) is 11.8 Å². The number of fused-ring (bicyclic) bond motifs is 1. The van der Waals surface area contributed by atoms with Crippen molar-refractivity contribution in [1.29, 1.82) is 0 Å². The van der Waals surface area contributed by atoms with Crippen molar-refractivity contribution in [3.63, 3.8) is 0 Å². The molecule has 2 atom stereocenters. The zero-order valence-corrected chi connectivity index (χ0v) is 9.52. The summed E-state index contributed by atoms with van der Waals surface area (Å²) in [5.41, 5.74) is 0. The molecule has 0 radical (unpaired) electrons. The van der Waals surface area contributed by atoms with Gasteiger partial charge in [-0.05, 0) is 12.8 Å². The number of nitrogens with zero attached hydrogens (tertiary/aromatic N) is 3. The number of rotatable bonds is 1. The van der Waals surface area contributed by atoms with Crippen LogP contribution in [-0.2, 0) is 9.59 Å². The Morgan fingerprint density at radius 3 is 2.82 bits per heavy atom. The molecule has 1 N–H and O–H groups in total. The molecule has 1 aromatic rings. The van der Waals surface area contributed by atoms with Crippen molar-refractivity contribution >= 4 is 29.4 Å². The largest absolute Gasteiger partial charge is 0.274 e. The van der Waals surface area contributed by atoms with E-state index < -0.39 is 0 Å². The number of anilines is 1. The van der Waals surface area contributed by atoms with Crippen LogP contribution < -0.4 is 4.90 Å². The third kappa shape index (κ3) is 1.48. The molecule has 2 aliphatic rings. The number of halogens is 1. The number of imide groups is 1. The molecule has 0 spiro atoms. The maximum atomic E-state index is 12.1. The van der Waals surface area contributed by atoms with Crippen LogP contribution in [0.3, 0.4) is 0 Å². The summed E-state index contributed by atoms with van der Waals surface area (Å²) in [6, 6.07) is 0. The Balaban J connectivity index is 1.96. The van der Waals surface area contributed by atoms with Crippen molar-refractivity contribution < 1.29 is 9.59 Å². The summed E-state index contributed by atoms with van der Waals surface area (Å²) in [5, 5.41) is 6.83. The van der Waals surface area contributed by atoms with Crippen LogP contribution in [0.25, 0.3) is 0 Å². The third-order valence-electron chi connectivity index (χ3n) is 3.18. The maximum Gasteiger partial charge on any atom is 0.240 e. The van der Waals surface area contributed by atoms with Crippen LogP contribution in [0, 0.1) is 11.8 Å². The summed E-state index contributed by atoms with van der Waals surface area (Å²) >= 11 is 5.91. The molecule has 0 aromatic carbocycles. The molecular weight excluding hydrogens is 244 g/mol. The highest BCUT2D eigenvalue weighted by atomic mass is 35.5. The lowest BCUT2D eigenvalue weighted by molar-refractivity contribution is -0.122. The van der Waals surface area contributed by atoms with Gasteiger partial charge in [0.2, 0.25) is 17.8 Å². The van der Waals surface area contributed by atoms with Gasteiger partial charge in [0, 0.05) is 5.03 Å². The highest BCUT2D eigenvalue weighted by molar-refractivity contribution is 6.30. The molecule has 88 valence electrons. The second-order valence-corrected chi connectivity index (χ2v) is 4.61. The summed E-state index contributed by atoms with van der Waals surface area (Å²) in [4.78, 5) is 29.1. The van der Waals surface area contributed by atoms with Gasteiger partial charge in [-0.15, -0.1) is 0 Å². The number of aromatic nitrogens is 3. The second-order valence-electron chi connectivity index (χ2n) is 4.12. The SMILES string of the molecule is O=C1[C@H]2CC=C(Cl)C[C@H]2C(=O)N1c1ncn[nH]1. The van der Waals surface area contributed by atoms with E-state index in [0.717, 1.165) is 4.90 Å². The van der Waals surface area contributed by atoms with Gasteiger partial charge in [0.15, 0.2) is 0 Å². The molecule has 1 aromatic heterocycles. The Labute approximate surface area is 102 Å². The van der Waals surface area contributed by atoms with Crippen LogP contribution >= 0.6 is 11.6 Å². The molecule has 0 bridgehead atoms. The van der Waals surface area contributed by atoms with Gasteiger partial charge in [-0.25, -0.2) is 10.00 Å². The number of nitrogens with one attached hydrogen (secondary N) is 1. The average molecular weight is 253 g/mol. The van der Waals surface area contributed by atoms with E-state index in [2.05, 4.69) is 15.2 Å². The van der Waals surface area contributed by atoms with E-state index in [-0.39, 0.29) is 29.6 Å². The van der Waals surface area contributed by atoms with Crippen molar-refractivity contribution in [1.82, 2.24) is 15.2 Å². The number of H-pyrrole nitrogens is 1. The van der Waals surface area contributed by atoms with Crippen molar-refractivity contribution in [2.45, 2.75) is 12.8 Å². The van der Waals surface area contributed by atoms with E-state index in [1.54, 1.807) is 6.08 Å². The molecule has 1 fully saturated rings. The first-order valence-electron chi connectivity index (χ1n) is 5.26. The molecule has 17 heavy (non-hydrogen) atoms. The van der Waals surface area contributed by atoms with E-state index in [4.69, 9.17) is 11.6 Å². The molecular formula is C10H9ClN4O2. The highest BCUT2D eigenvalue weighted by Crippen LogP contribution is 2.39. The molecule has 2 heterocycles. The molecule has 7 heteroatoms. The van der Waals surface area contributed by atoms with Crippen molar-refractivity contribution in [2.75, 3.05) is 4.90 Å². The quantitative estimate of drug-likeness (QED) is 0.751. The van der Waals surface area contributed by atoms with Gasteiger partial charge in [0.1, 0.15) is 6.33 Å². The van der Waals surface area contributed by atoms with Crippen molar-refractivity contribution in [3.8, 4) is 0 Å². The van der Waals surface area contributed by atoms with Gasteiger partial charge in [0.05, 0.1) is 11.8 Å². The number of carbonyl (C=O) groups is 2. The summed E-state index contributed by atoms with van der Waals surface area (Å²) in [6.45, 7) is 0.